The smallest absolute Gasteiger partial charge is 0.409 e. The number of piperazine rings is 2. The van der Waals surface area contributed by atoms with Gasteiger partial charge in [0, 0.05) is 64.1 Å². The zero-order valence-electron chi connectivity index (χ0n) is 18.9. The summed E-state index contributed by atoms with van der Waals surface area (Å²) in [6, 6.07) is 12.4. The van der Waals surface area contributed by atoms with E-state index in [1.165, 1.54) is 17.4 Å². The number of anilines is 2. The molecule has 9 nitrogen and oxygen atoms in total. The molecule has 0 radical (unpaired) electrons. The summed E-state index contributed by atoms with van der Waals surface area (Å²) >= 11 is 1.43. The van der Waals surface area contributed by atoms with Crippen LogP contribution in [-0.4, -0.2) is 96.5 Å². The molecule has 1 aromatic heterocycles. The van der Waals surface area contributed by atoms with Crippen molar-refractivity contribution in [2.75, 3.05) is 74.5 Å². The van der Waals surface area contributed by atoms with E-state index in [1.54, 1.807) is 23.1 Å². The first-order valence-electron chi connectivity index (χ1n) is 11.3. The molecule has 2 aliphatic rings. The maximum atomic E-state index is 12.6. The second-order valence-corrected chi connectivity index (χ2v) is 8.88. The predicted molar refractivity (Wildman–Crippen MR) is 129 cm³/mol. The third kappa shape index (κ3) is 6.07. The van der Waals surface area contributed by atoms with Crippen LogP contribution in [0.25, 0.3) is 0 Å². The van der Waals surface area contributed by atoms with E-state index in [1.807, 2.05) is 12.1 Å². The Morgan fingerprint density at radius 3 is 2.27 bits per heavy atom. The van der Waals surface area contributed by atoms with Crippen molar-refractivity contribution in [1.82, 2.24) is 19.8 Å². The molecule has 33 heavy (non-hydrogen) atoms. The summed E-state index contributed by atoms with van der Waals surface area (Å²) < 4.78 is 5.03. The SMILES string of the molecule is CCOC(=O)N1CCN(C(=O)CSc2cc(N3CCN(c4ccccc4)CC3)ncn2)CC1. The first-order valence-corrected chi connectivity index (χ1v) is 12.3. The molecule has 176 valence electrons. The lowest BCUT2D eigenvalue weighted by molar-refractivity contribution is -0.129. The number of ether oxygens (including phenoxy) is 1. The van der Waals surface area contributed by atoms with Crippen LogP contribution < -0.4 is 9.80 Å². The fourth-order valence-corrected chi connectivity index (χ4v) is 4.76. The fourth-order valence-electron chi connectivity index (χ4n) is 3.99. The van der Waals surface area contributed by atoms with Crippen LogP contribution in [0.15, 0.2) is 47.8 Å². The number of carbonyl (C=O) groups is 2. The van der Waals surface area contributed by atoms with Crippen LogP contribution in [0.2, 0.25) is 0 Å². The average molecular weight is 471 g/mol. The lowest BCUT2D eigenvalue weighted by Crippen LogP contribution is -2.51. The van der Waals surface area contributed by atoms with E-state index < -0.39 is 0 Å². The van der Waals surface area contributed by atoms with Crippen LogP contribution in [0.4, 0.5) is 16.3 Å². The van der Waals surface area contributed by atoms with Gasteiger partial charge in [-0.05, 0) is 19.1 Å². The minimum atomic E-state index is -0.308. The van der Waals surface area contributed by atoms with Crippen LogP contribution in [0.5, 0.6) is 0 Å². The molecule has 10 heteroatoms. The Hall–Kier alpha value is -3.01. The molecule has 2 amide bonds. The first-order chi connectivity index (χ1) is 16.1. The van der Waals surface area contributed by atoms with Gasteiger partial charge in [0.05, 0.1) is 12.4 Å². The highest BCUT2D eigenvalue weighted by molar-refractivity contribution is 7.99. The predicted octanol–water partition coefficient (Wildman–Crippen LogP) is 2.20. The highest BCUT2D eigenvalue weighted by atomic mass is 32.2. The monoisotopic (exact) mass is 470 g/mol. The van der Waals surface area contributed by atoms with Crippen molar-refractivity contribution in [2.24, 2.45) is 0 Å². The van der Waals surface area contributed by atoms with E-state index in [4.69, 9.17) is 4.74 Å². The second kappa shape index (κ2) is 11.2. The van der Waals surface area contributed by atoms with Crippen molar-refractivity contribution < 1.29 is 14.3 Å². The highest BCUT2D eigenvalue weighted by Crippen LogP contribution is 2.23. The molecular weight excluding hydrogens is 440 g/mol. The van der Waals surface area contributed by atoms with E-state index >= 15 is 0 Å². The summed E-state index contributed by atoms with van der Waals surface area (Å²) in [5, 5.41) is 0.795. The molecule has 2 aliphatic heterocycles. The van der Waals surface area contributed by atoms with Crippen LogP contribution >= 0.6 is 11.8 Å². The summed E-state index contributed by atoms with van der Waals surface area (Å²) in [4.78, 5) is 41.4. The van der Waals surface area contributed by atoms with Crippen molar-refractivity contribution in [3.63, 3.8) is 0 Å². The van der Waals surface area contributed by atoms with Crippen molar-refractivity contribution >= 4 is 35.3 Å². The van der Waals surface area contributed by atoms with Gasteiger partial charge in [-0.25, -0.2) is 14.8 Å². The summed E-state index contributed by atoms with van der Waals surface area (Å²) in [5.74, 6) is 1.27. The van der Waals surface area contributed by atoms with Gasteiger partial charge in [0.15, 0.2) is 0 Å². The number of rotatable bonds is 6. The average Bonchev–Trinajstić information content (AvgIpc) is 2.88. The Kier molecular flexibility index (Phi) is 7.87. The number of benzene rings is 1. The second-order valence-electron chi connectivity index (χ2n) is 7.88. The Labute approximate surface area is 198 Å². The zero-order chi connectivity index (χ0) is 23.0. The van der Waals surface area contributed by atoms with Crippen molar-refractivity contribution in [3.8, 4) is 0 Å². The molecule has 0 atom stereocenters. The summed E-state index contributed by atoms with van der Waals surface area (Å²) in [6.45, 7) is 7.86. The van der Waals surface area contributed by atoms with E-state index in [9.17, 15) is 9.59 Å². The molecule has 0 spiro atoms. The topological polar surface area (TPSA) is 82.1 Å². The molecule has 0 bridgehead atoms. The normalized spacial score (nSPS) is 16.6. The summed E-state index contributed by atoms with van der Waals surface area (Å²) in [6.07, 6.45) is 1.26. The number of para-hydroxylation sites is 1. The Bertz CT molecular complexity index is 931. The number of hydrogen-bond donors (Lipinski definition) is 0. The van der Waals surface area contributed by atoms with Gasteiger partial charge in [-0.2, -0.15) is 0 Å². The number of aromatic nitrogens is 2. The minimum absolute atomic E-state index is 0.0557. The third-order valence-electron chi connectivity index (χ3n) is 5.85. The van der Waals surface area contributed by atoms with Gasteiger partial charge in [-0.15, -0.1) is 0 Å². The van der Waals surface area contributed by atoms with Gasteiger partial charge in [0.25, 0.3) is 0 Å². The molecule has 0 saturated carbocycles. The molecule has 2 aromatic rings. The van der Waals surface area contributed by atoms with Gasteiger partial charge in [-0.3, -0.25) is 4.79 Å². The Morgan fingerprint density at radius 2 is 1.58 bits per heavy atom. The lowest BCUT2D eigenvalue weighted by atomic mass is 10.2. The van der Waals surface area contributed by atoms with Crippen molar-refractivity contribution in [3.05, 3.63) is 42.7 Å². The quantitative estimate of drug-likeness (QED) is 0.470. The van der Waals surface area contributed by atoms with Crippen molar-refractivity contribution in [2.45, 2.75) is 11.9 Å². The van der Waals surface area contributed by atoms with Crippen LogP contribution in [0.1, 0.15) is 6.92 Å². The van der Waals surface area contributed by atoms with E-state index in [-0.39, 0.29) is 12.0 Å². The standard InChI is InChI=1S/C23H30N6O3S/c1-2-32-23(31)29-14-12-28(13-15-29)22(30)17-33-21-16-20(24-18-25-21)27-10-8-26(9-11-27)19-6-4-3-5-7-19/h3-7,16,18H,2,8-15,17H2,1H3. The highest BCUT2D eigenvalue weighted by Gasteiger charge is 2.25. The molecule has 2 fully saturated rings. The Morgan fingerprint density at radius 1 is 0.909 bits per heavy atom. The minimum Gasteiger partial charge on any atom is -0.450 e. The maximum absolute atomic E-state index is 12.6. The van der Waals surface area contributed by atoms with Gasteiger partial charge < -0.3 is 24.3 Å². The number of thioether (sulfide) groups is 1. The lowest BCUT2D eigenvalue weighted by Gasteiger charge is -2.36. The fraction of sp³-hybridized carbons (Fsp3) is 0.478. The Balaban J connectivity index is 1.24. The molecule has 4 rings (SSSR count). The molecule has 0 unspecified atom stereocenters. The van der Waals surface area contributed by atoms with Gasteiger partial charge in [0.2, 0.25) is 5.91 Å². The number of hydrogen-bond acceptors (Lipinski definition) is 8. The molecule has 1 aromatic carbocycles. The van der Waals surface area contributed by atoms with Crippen LogP contribution in [0, 0.1) is 0 Å². The van der Waals surface area contributed by atoms with Gasteiger partial charge in [0.1, 0.15) is 17.2 Å². The number of carbonyl (C=O) groups excluding carboxylic acids is 2. The van der Waals surface area contributed by atoms with E-state index in [0.29, 0.717) is 38.5 Å². The van der Waals surface area contributed by atoms with E-state index in [2.05, 4.69) is 44.0 Å². The van der Waals surface area contributed by atoms with E-state index in [0.717, 1.165) is 37.0 Å². The maximum Gasteiger partial charge on any atom is 0.409 e. The molecule has 2 saturated heterocycles. The largest absolute Gasteiger partial charge is 0.450 e. The van der Waals surface area contributed by atoms with Crippen molar-refractivity contribution in [1.29, 1.82) is 0 Å². The first kappa shape index (κ1) is 23.2. The van der Waals surface area contributed by atoms with Gasteiger partial charge in [-0.1, -0.05) is 30.0 Å². The number of nitrogens with zero attached hydrogens (tertiary/aromatic N) is 6. The summed E-state index contributed by atoms with van der Waals surface area (Å²) in [5.41, 5.74) is 1.25. The summed E-state index contributed by atoms with van der Waals surface area (Å²) in [7, 11) is 0. The third-order valence-corrected chi connectivity index (χ3v) is 6.76. The van der Waals surface area contributed by atoms with Gasteiger partial charge >= 0.3 is 6.09 Å². The number of amides is 2. The molecule has 3 heterocycles. The molecule has 0 N–H and O–H groups in total. The molecule has 0 aliphatic carbocycles. The van der Waals surface area contributed by atoms with Crippen LogP contribution in [-0.2, 0) is 9.53 Å². The zero-order valence-corrected chi connectivity index (χ0v) is 19.7. The van der Waals surface area contributed by atoms with Crippen LogP contribution in [0.3, 0.4) is 0 Å². The molecular formula is C23H30N6O3S.